The number of hydrogen-bond acceptors (Lipinski definition) is 4. The number of alkyl halides is 3. The molecule has 0 aliphatic rings. The molecular weight excluding hydrogens is 277 g/mol. The molecule has 112 valence electrons. The van der Waals surface area contributed by atoms with Crippen LogP contribution in [0, 0.1) is 0 Å². The van der Waals surface area contributed by atoms with Crippen LogP contribution in [0.1, 0.15) is 13.8 Å². The van der Waals surface area contributed by atoms with Gasteiger partial charge in [-0.1, -0.05) is 18.2 Å². The predicted octanol–water partition coefficient (Wildman–Crippen LogP) is 2.92. The van der Waals surface area contributed by atoms with Crippen LogP contribution in [-0.4, -0.2) is 31.1 Å². The maximum absolute atomic E-state index is 12.2. The van der Waals surface area contributed by atoms with Gasteiger partial charge in [0, 0.05) is 13.5 Å². The molecule has 1 unspecified atom stereocenters. The van der Waals surface area contributed by atoms with Crippen LogP contribution < -0.4 is 4.74 Å². The molecule has 0 amide bonds. The molecule has 4 nitrogen and oxygen atoms in total. The van der Waals surface area contributed by atoms with E-state index in [1.807, 2.05) is 0 Å². The molecule has 1 aromatic rings. The summed E-state index contributed by atoms with van der Waals surface area (Å²) >= 11 is 0. The third-order valence-corrected chi connectivity index (χ3v) is 2.26. The average molecular weight is 292 g/mol. The Balaban J connectivity index is 2.75. The highest BCUT2D eigenvalue weighted by Crippen LogP contribution is 2.23. The molecule has 1 rings (SSSR count). The van der Waals surface area contributed by atoms with Crippen molar-refractivity contribution in [2.75, 3.05) is 13.2 Å². The Morgan fingerprint density at radius 1 is 1.15 bits per heavy atom. The third kappa shape index (κ3) is 5.18. The molecule has 7 heteroatoms. The normalized spacial score (nSPS) is 14.7. The molecule has 0 fully saturated rings. The van der Waals surface area contributed by atoms with Gasteiger partial charge in [0.1, 0.15) is 12.4 Å². The molecule has 0 aromatic heterocycles. The van der Waals surface area contributed by atoms with Gasteiger partial charge in [0.2, 0.25) is 0 Å². The van der Waals surface area contributed by atoms with E-state index in [1.54, 1.807) is 18.2 Å². The second-order valence-electron chi connectivity index (χ2n) is 3.99. The van der Waals surface area contributed by atoms with E-state index in [0.29, 0.717) is 0 Å². The van der Waals surface area contributed by atoms with E-state index < -0.39 is 24.5 Å². The first-order valence-electron chi connectivity index (χ1n) is 5.89. The van der Waals surface area contributed by atoms with E-state index in [0.717, 1.165) is 6.92 Å². The van der Waals surface area contributed by atoms with Crippen molar-refractivity contribution in [3.8, 4) is 5.75 Å². The number of esters is 1. The quantitative estimate of drug-likeness (QED) is 0.459. The molecule has 1 aromatic carbocycles. The molecule has 0 saturated heterocycles. The van der Waals surface area contributed by atoms with Crippen LogP contribution in [0.25, 0.3) is 0 Å². The minimum absolute atomic E-state index is 0.00174. The Bertz CT molecular complexity index is 433. The zero-order chi connectivity index (χ0) is 15.2. The second-order valence-corrected chi connectivity index (χ2v) is 3.99. The molecule has 1 atom stereocenters. The summed E-state index contributed by atoms with van der Waals surface area (Å²) in [5.74, 6) is -2.96. The molecule has 0 spiro atoms. The molecule has 0 N–H and O–H groups in total. The Morgan fingerprint density at radius 2 is 1.75 bits per heavy atom. The summed E-state index contributed by atoms with van der Waals surface area (Å²) in [6, 6.07) is 7.94. The van der Waals surface area contributed by atoms with Crippen molar-refractivity contribution in [1.82, 2.24) is 0 Å². The van der Waals surface area contributed by atoms with Crippen LogP contribution >= 0.6 is 0 Å². The van der Waals surface area contributed by atoms with Crippen molar-refractivity contribution < 1.29 is 32.2 Å². The van der Waals surface area contributed by atoms with E-state index in [-0.39, 0.29) is 12.4 Å². The highest BCUT2D eigenvalue weighted by Gasteiger charge is 2.41. The summed E-state index contributed by atoms with van der Waals surface area (Å²) in [5.41, 5.74) is 0. The summed E-state index contributed by atoms with van der Waals surface area (Å²) in [5, 5.41) is 0. The van der Waals surface area contributed by atoms with Gasteiger partial charge >= 0.3 is 12.1 Å². The van der Waals surface area contributed by atoms with E-state index in [9.17, 15) is 18.0 Å². The van der Waals surface area contributed by atoms with Crippen molar-refractivity contribution in [2.24, 2.45) is 0 Å². The van der Waals surface area contributed by atoms with Gasteiger partial charge < -0.3 is 14.2 Å². The largest absolute Gasteiger partial charge is 0.423 e. The number of ether oxygens (including phenoxy) is 3. The zero-order valence-corrected chi connectivity index (χ0v) is 11.1. The number of carbonyl (C=O) groups excluding carboxylic acids is 1. The maximum Gasteiger partial charge on any atom is 0.411 e. The lowest BCUT2D eigenvalue weighted by Gasteiger charge is -2.27. The van der Waals surface area contributed by atoms with Crippen molar-refractivity contribution in [1.29, 1.82) is 0 Å². The molecule has 0 bridgehead atoms. The van der Waals surface area contributed by atoms with Crippen molar-refractivity contribution >= 4 is 5.97 Å². The van der Waals surface area contributed by atoms with E-state index in [1.165, 1.54) is 19.1 Å². The number of benzene rings is 1. The van der Waals surface area contributed by atoms with E-state index in [2.05, 4.69) is 4.74 Å². The van der Waals surface area contributed by atoms with Gasteiger partial charge in [-0.3, -0.25) is 0 Å². The van der Waals surface area contributed by atoms with Crippen molar-refractivity contribution in [2.45, 2.75) is 25.8 Å². The highest BCUT2D eigenvalue weighted by molar-refractivity contribution is 5.79. The molecule has 0 aliphatic carbocycles. The summed E-state index contributed by atoms with van der Waals surface area (Å²) in [6.45, 7) is 1.02. The lowest BCUT2D eigenvalue weighted by atomic mass is 10.3. The van der Waals surface area contributed by atoms with Crippen LogP contribution in [0.3, 0.4) is 0 Å². The zero-order valence-electron chi connectivity index (χ0n) is 11.1. The van der Waals surface area contributed by atoms with Gasteiger partial charge in [-0.05, 0) is 19.1 Å². The molecule has 0 aliphatic heterocycles. The van der Waals surface area contributed by atoms with Gasteiger partial charge in [0.05, 0.1) is 0 Å². The maximum atomic E-state index is 12.2. The van der Waals surface area contributed by atoms with Gasteiger partial charge in [-0.25, -0.2) is 4.79 Å². The lowest BCUT2D eigenvalue weighted by Crippen LogP contribution is -2.46. The Hall–Kier alpha value is -1.60. The Labute approximate surface area is 114 Å². The average Bonchev–Trinajstić information content (AvgIpc) is 2.37. The first-order valence-corrected chi connectivity index (χ1v) is 5.89. The smallest absolute Gasteiger partial charge is 0.411 e. The minimum atomic E-state index is -4.56. The number of carbonyl (C=O) groups is 1. The first-order chi connectivity index (χ1) is 9.27. The van der Waals surface area contributed by atoms with Crippen LogP contribution in [0.15, 0.2) is 30.3 Å². The summed E-state index contributed by atoms with van der Waals surface area (Å²) in [4.78, 5) is 11.9. The molecular formula is C13H15F3O4. The molecule has 0 radical (unpaired) electrons. The number of rotatable bonds is 6. The SMILES string of the molecule is CCOC(C)(OCC(F)(F)F)C(=O)Oc1ccccc1. The fourth-order valence-corrected chi connectivity index (χ4v) is 1.34. The molecule has 0 heterocycles. The summed E-state index contributed by atoms with van der Waals surface area (Å²) in [6.07, 6.45) is -4.56. The Kier molecular flexibility index (Phi) is 5.52. The van der Waals surface area contributed by atoms with E-state index in [4.69, 9.17) is 9.47 Å². The minimum Gasteiger partial charge on any atom is -0.423 e. The van der Waals surface area contributed by atoms with E-state index >= 15 is 0 Å². The molecule has 20 heavy (non-hydrogen) atoms. The lowest BCUT2D eigenvalue weighted by molar-refractivity contribution is -0.271. The Morgan fingerprint density at radius 3 is 2.25 bits per heavy atom. The van der Waals surface area contributed by atoms with Crippen LogP contribution in [0.5, 0.6) is 5.75 Å². The third-order valence-electron chi connectivity index (χ3n) is 2.26. The summed E-state index contributed by atoms with van der Waals surface area (Å²) in [7, 11) is 0. The van der Waals surface area contributed by atoms with Crippen molar-refractivity contribution in [3.05, 3.63) is 30.3 Å². The first kappa shape index (κ1) is 16.5. The van der Waals surface area contributed by atoms with Gasteiger partial charge in [0.25, 0.3) is 5.79 Å². The van der Waals surface area contributed by atoms with Crippen LogP contribution in [-0.2, 0) is 14.3 Å². The summed E-state index contributed by atoms with van der Waals surface area (Å²) < 4.78 is 51.0. The van der Waals surface area contributed by atoms with Gasteiger partial charge in [-0.2, -0.15) is 13.2 Å². The topological polar surface area (TPSA) is 44.8 Å². The van der Waals surface area contributed by atoms with Crippen LogP contribution in [0.4, 0.5) is 13.2 Å². The predicted molar refractivity (Wildman–Crippen MR) is 64.1 cm³/mol. The van der Waals surface area contributed by atoms with Crippen molar-refractivity contribution in [3.63, 3.8) is 0 Å². The van der Waals surface area contributed by atoms with Gasteiger partial charge in [0.15, 0.2) is 0 Å². The number of halogens is 3. The van der Waals surface area contributed by atoms with Gasteiger partial charge in [-0.15, -0.1) is 0 Å². The van der Waals surface area contributed by atoms with Crippen LogP contribution in [0.2, 0.25) is 0 Å². The second kappa shape index (κ2) is 6.71. The standard InChI is InChI=1S/C13H15F3O4/c1-3-18-12(2,19-9-13(14,15)16)11(17)20-10-7-5-4-6-8-10/h4-8H,3,9H2,1-2H3. The number of hydrogen-bond donors (Lipinski definition) is 0. The fourth-order valence-electron chi connectivity index (χ4n) is 1.34. The monoisotopic (exact) mass is 292 g/mol. The molecule has 0 saturated carbocycles. The highest BCUT2D eigenvalue weighted by atomic mass is 19.4. The fraction of sp³-hybridized carbons (Fsp3) is 0.462. The number of para-hydroxylation sites is 1.